The first kappa shape index (κ1) is 32.7. The van der Waals surface area contributed by atoms with E-state index in [1.807, 2.05) is 11.8 Å². The molecule has 0 unspecified atom stereocenters. The maximum absolute atomic E-state index is 14.6. The quantitative estimate of drug-likeness (QED) is 0.279. The van der Waals surface area contributed by atoms with Crippen LogP contribution in [-0.2, 0) is 16.1 Å². The summed E-state index contributed by atoms with van der Waals surface area (Å²) in [5.74, 6) is -2.72. The van der Waals surface area contributed by atoms with Crippen LogP contribution in [0.5, 0.6) is 0 Å². The second-order valence-electron chi connectivity index (χ2n) is 11.0. The number of hydrogen-bond donors (Lipinski definition) is 3. The summed E-state index contributed by atoms with van der Waals surface area (Å²) in [5.41, 5.74) is -0.560. The van der Waals surface area contributed by atoms with Crippen molar-refractivity contribution < 1.29 is 36.7 Å². The van der Waals surface area contributed by atoms with Gasteiger partial charge in [0.15, 0.2) is 11.5 Å². The Morgan fingerprint density at radius 2 is 1.82 bits per heavy atom. The minimum Gasteiger partial charge on any atom is -0.444 e. The zero-order chi connectivity index (χ0) is 32.2. The molecule has 4 rings (SSSR count). The summed E-state index contributed by atoms with van der Waals surface area (Å²) in [6.45, 7) is 8.04. The van der Waals surface area contributed by atoms with Gasteiger partial charge >= 0.3 is 18.2 Å². The average molecular weight is 640 g/mol. The topological polar surface area (TPSA) is 130 Å². The largest absolute Gasteiger partial charge is 0.471 e. The number of carbonyl (C=O) groups excluding carboxylic acids is 3. The van der Waals surface area contributed by atoms with Crippen LogP contribution in [-0.4, -0.2) is 63.6 Å². The van der Waals surface area contributed by atoms with Crippen LogP contribution in [0.4, 0.5) is 38.9 Å². The minimum atomic E-state index is -4.97. The number of thiazole rings is 1. The molecular formula is C28H33F4N7O4S. The number of ether oxygens (including phenoxy) is 1. The predicted molar refractivity (Wildman–Crippen MR) is 157 cm³/mol. The molecule has 44 heavy (non-hydrogen) atoms. The van der Waals surface area contributed by atoms with E-state index in [4.69, 9.17) is 4.74 Å². The second kappa shape index (κ2) is 13.2. The Kier molecular flexibility index (Phi) is 9.81. The molecule has 3 N–H and O–H groups in total. The van der Waals surface area contributed by atoms with Gasteiger partial charge in [0.05, 0.1) is 6.20 Å². The number of nitrogens with one attached hydrogen (secondary N) is 3. The molecule has 2 aromatic heterocycles. The van der Waals surface area contributed by atoms with Gasteiger partial charge in [0.25, 0.3) is 5.91 Å². The number of rotatable bonds is 7. The number of anilines is 3. The standard InChI is InChI=1S/C28H33F4N7O4S/c1-5-39-24(38-13-8-9-16(12-14-38)34-25(41)28(30,31)32)19(15-33-39)35-21(40)20-23(37-26(42)43-27(2,3)4)44-22(36-20)17-10-6-7-11-18(17)29/h6-7,10-11,15-16H,5,8-9,12-14H2,1-4H3,(H,34,41)(H,35,40)(H,37,42)/t16-/m0/s1. The Balaban J connectivity index is 1.60. The van der Waals surface area contributed by atoms with E-state index in [-0.39, 0.29) is 34.2 Å². The molecular weight excluding hydrogens is 606 g/mol. The number of aromatic nitrogens is 3. The van der Waals surface area contributed by atoms with Crippen molar-refractivity contribution >= 4 is 45.8 Å². The van der Waals surface area contributed by atoms with Gasteiger partial charge in [-0.05, 0) is 59.1 Å². The van der Waals surface area contributed by atoms with Gasteiger partial charge in [-0.3, -0.25) is 14.9 Å². The number of aryl methyl sites for hydroxylation is 1. The van der Waals surface area contributed by atoms with Gasteiger partial charge in [-0.25, -0.2) is 18.9 Å². The minimum absolute atomic E-state index is 0.0393. The highest BCUT2D eigenvalue weighted by Gasteiger charge is 2.40. The van der Waals surface area contributed by atoms with E-state index in [1.165, 1.54) is 24.4 Å². The third kappa shape index (κ3) is 8.03. The number of benzene rings is 1. The molecule has 238 valence electrons. The lowest BCUT2D eigenvalue weighted by atomic mass is 10.1. The van der Waals surface area contributed by atoms with Crippen molar-refractivity contribution in [3.05, 3.63) is 42.0 Å². The average Bonchev–Trinajstić information content (AvgIpc) is 3.45. The van der Waals surface area contributed by atoms with E-state index in [1.54, 1.807) is 31.5 Å². The molecule has 3 aromatic rings. The van der Waals surface area contributed by atoms with Crippen molar-refractivity contribution in [1.29, 1.82) is 0 Å². The normalized spacial score (nSPS) is 15.8. The van der Waals surface area contributed by atoms with Gasteiger partial charge in [-0.2, -0.15) is 18.3 Å². The highest BCUT2D eigenvalue weighted by molar-refractivity contribution is 7.19. The van der Waals surface area contributed by atoms with Crippen molar-refractivity contribution in [2.75, 3.05) is 28.6 Å². The van der Waals surface area contributed by atoms with Crippen LogP contribution in [0.2, 0.25) is 0 Å². The summed E-state index contributed by atoms with van der Waals surface area (Å²) in [6, 6.07) is 5.22. The smallest absolute Gasteiger partial charge is 0.444 e. The zero-order valence-electron chi connectivity index (χ0n) is 24.5. The van der Waals surface area contributed by atoms with E-state index in [0.717, 1.165) is 11.3 Å². The number of carbonyl (C=O) groups is 3. The molecule has 1 atom stereocenters. The van der Waals surface area contributed by atoms with Crippen molar-refractivity contribution in [3.8, 4) is 10.6 Å². The first-order chi connectivity index (χ1) is 20.7. The van der Waals surface area contributed by atoms with E-state index >= 15 is 0 Å². The van der Waals surface area contributed by atoms with Gasteiger partial charge in [0.2, 0.25) is 0 Å². The monoisotopic (exact) mass is 639 g/mol. The summed E-state index contributed by atoms with van der Waals surface area (Å²) in [5, 5.41) is 11.9. The Labute approximate surface area is 255 Å². The lowest BCUT2D eigenvalue weighted by Crippen LogP contribution is -2.43. The summed E-state index contributed by atoms with van der Waals surface area (Å²) in [7, 11) is 0. The molecule has 11 nitrogen and oxygen atoms in total. The van der Waals surface area contributed by atoms with Gasteiger partial charge in [-0.1, -0.05) is 23.5 Å². The van der Waals surface area contributed by atoms with Gasteiger partial charge in [0, 0.05) is 31.2 Å². The number of nitrogens with zero attached hydrogens (tertiary/aromatic N) is 4. The Bertz CT molecular complexity index is 1520. The molecule has 1 aromatic carbocycles. The highest BCUT2D eigenvalue weighted by atomic mass is 32.1. The zero-order valence-corrected chi connectivity index (χ0v) is 25.4. The van der Waals surface area contributed by atoms with Gasteiger partial charge in [0.1, 0.15) is 27.1 Å². The van der Waals surface area contributed by atoms with Crippen molar-refractivity contribution in [2.45, 2.75) is 71.3 Å². The Morgan fingerprint density at radius 1 is 1.09 bits per heavy atom. The molecule has 0 saturated carbocycles. The summed E-state index contributed by atoms with van der Waals surface area (Å²) >= 11 is 0.902. The first-order valence-corrected chi connectivity index (χ1v) is 14.7. The number of halogens is 4. The second-order valence-corrected chi connectivity index (χ2v) is 12.0. The van der Waals surface area contributed by atoms with Crippen molar-refractivity contribution in [3.63, 3.8) is 0 Å². The van der Waals surface area contributed by atoms with Gasteiger partial charge in [-0.15, -0.1) is 0 Å². The maximum atomic E-state index is 14.6. The molecule has 1 aliphatic rings. The fourth-order valence-corrected chi connectivity index (χ4v) is 5.61. The molecule has 1 aliphatic heterocycles. The molecule has 3 heterocycles. The Morgan fingerprint density at radius 3 is 2.48 bits per heavy atom. The van der Waals surface area contributed by atoms with E-state index < -0.39 is 41.5 Å². The molecule has 0 bridgehead atoms. The lowest BCUT2D eigenvalue weighted by Gasteiger charge is -2.25. The molecule has 0 radical (unpaired) electrons. The Hall–Kier alpha value is -4.21. The molecule has 1 fully saturated rings. The van der Waals surface area contributed by atoms with Crippen LogP contribution >= 0.6 is 11.3 Å². The summed E-state index contributed by atoms with van der Waals surface area (Å²) in [6.07, 6.45) is -3.29. The molecule has 0 spiro atoms. The summed E-state index contributed by atoms with van der Waals surface area (Å²) < 4.78 is 59.9. The lowest BCUT2D eigenvalue weighted by molar-refractivity contribution is -0.174. The van der Waals surface area contributed by atoms with E-state index in [0.29, 0.717) is 37.4 Å². The molecule has 1 saturated heterocycles. The van der Waals surface area contributed by atoms with Crippen molar-refractivity contribution in [1.82, 2.24) is 20.1 Å². The number of amides is 3. The van der Waals surface area contributed by atoms with Crippen LogP contribution in [0.1, 0.15) is 57.4 Å². The third-order valence-corrected chi connectivity index (χ3v) is 7.54. The van der Waals surface area contributed by atoms with Crippen LogP contribution < -0.4 is 20.9 Å². The predicted octanol–water partition coefficient (Wildman–Crippen LogP) is 5.80. The van der Waals surface area contributed by atoms with E-state index in [2.05, 4.69) is 26.0 Å². The molecule has 3 amide bonds. The van der Waals surface area contributed by atoms with Crippen LogP contribution in [0.3, 0.4) is 0 Å². The third-order valence-electron chi connectivity index (χ3n) is 6.54. The number of alkyl halides is 3. The van der Waals surface area contributed by atoms with Crippen LogP contribution in [0.15, 0.2) is 30.5 Å². The molecule has 0 aliphatic carbocycles. The first-order valence-electron chi connectivity index (χ1n) is 13.9. The van der Waals surface area contributed by atoms with Crippen molar-refractivity contribution in [2.24, 2.45) is 0 Å². The maximum Gasteiger partial charge on any atom is 0.471 e. The highest BCUT2D eigenvalue weighted by Crippen LogP contribution is 2.35. The number of hydrogen-bond acceptors (Lipinski definition) is 8. The van der Waals surface area contributed by atoms with Gasteiger partial charge < -0.3 is 20.3 Å². The summed E-state index contributed by atoms with van der Waals surface area (Å²) in [4.78, 5) is 43.9. The fraction of sp³-hybridized carbons (Fsp3) is 0.464. The van der Waals surface area contributed by atoms with E-state index in [9.17, 15) is 31.9 Å². The molecule has 16 heteroatoms. The van der Waals surface area contributed by atoms with Crippen LogP contribution in [0, 0.1) is 5.82 Å². The SMILES string of the molecule is CCn1ncc(NC(=O)c2nc(-c3ccccc3F)sc2NC(=O)OC(C)(C)C)c1N1CCC[C@H](NC(=O)C(F)(F)F)CC1. The van der Waals surface area contributed by atoms with Crippen LogP contribution in [0.25, 0.3) is 10.6 Å². The fourth-order valence-electron chi connectivity index (χ4n) is 4.64.